The van der Waals surface area contributed by atoms with Gasteiger partial charge in [-0.1, -0.05) is 66.0 Å². The van der Waals surface area contributed by atoms with E-state index in [2.05, 4.69) is 5.32 Å². The number of hydrogen-bond donors (Lipinski definition) is 1. The molecule has 0 saturated heterocycles. The smallest absolute Gasteiger partial charge is 0.317 e. The molecule has 2 saturated carbocycles. The van der Waals surface area contributed by atoms with E-state index in [0.29, 0.717) is 18.4 Å². The van der Waals surface area contributed by atoms with Gasteiger partial charge >= 0.3 is 6.03 Å². The van der Waals surface area contributed by atoms with E-state index in [1.165, 1.54) is 12.8 Å². The van der Waals surface area contributed by atoms with Crippen LogP contribution in [0, 0.1) is 11.8 Å². The molecule has 4 rings (SSSR count). The van der Waals surface area contributed by atoms with Crippen LogP contribution in [0.2, 0.25) is 10.0 Å². The van der Waals surface area contributed by atoms with E-state index >= 15 is 0 Å². The standard InChI is InChI=1S/C22H22Cl2N2O2/c23-17-7-4-8-18(24)20(17)21(27)25-22(28)26(13-14-5-2-1-3-6-14)19-12-15-9-10-16(19)11-15/h1-8,15-16,19H,9-13H2,(H,25,27,28)/t15-,16+,19+/m0/s1. The number of nitrogens with zero attached hydrogens (tertiary/aromatic N) is 1. The number of hydrogen-bond acceptors (Lipinski definition) is 2. The maximum absolute atomic E-state index is 13.1. The van der Waals surface area contributed by atoms with Crippen molar-refractivity contribution in [3.05, 3.63) is 69.7 Å². The minimum absolute atomic E-state index is 0.131. The number of amides is 3. The lowest BCUT2D eigenvalue weighted by atomic mass is 9.94. The minimum atomic E-state index is -0.568. The molecule has 0 aromatic heterocycles. The van der Waals surface area contributed by atoms with E-state index in [1.54, 1.807) is 18.2 Å². The van der Waals surface area contributed by atoms with Crippen LogP contribution >= 0.6 is 23.2 Å². The predicted octanol–water partition coefficient (Wildman–Crippen LogP) is 5.53. The average Bonchev–Trinajstić information content (AvgIpc) is 3.30. The molecule has 1 N–H and O–H groups in total. The fourth-order valence-electron chi connectivity index (χ4n) is 4.66. The number of nitrogens with one attached hydrogen (secondary N) is 1. The molecule has 6 heteroatoms. The molecular weight excluding hydrogens is 395 g/mol. The molecule has 3 atom stereocenters. The summed E-state index contributed by atoms with van der Waals surface area (Å²) < 4.78 is 0. The van der Waals surface area contributed by atoms with Crippen molar-refractivity contribution in [1.82, 2.24) is 10.2 Å². The lowest BCUT2D eigenvalue weighted by Crippen LogP contribution is -2.49. The highest BCUT2D eigenvalue weighted by Gasteiger charge is 2.44. The van der Waals surface area contributed by atoms with Gasteiger partial charge in [-0.05, 0) is 48.8 Å². The van der Waals surface area contributed by atoms with Gasteiger partial charge in [-0.2, -0.15) is 0 Å². The maximum atomic E-state index is 13.1. The van der Waals surface area contributed by atoms with Crippen molar-refractivity contribution in [2.24, 2.45) is 11.8 Å². The predicted molar refractivity (Wildman–Crippen MR) is 111 cm³/mol. The first-order valence-electron chi connectivity index (χ1n) is 9.63. The first-order valence-corrected chi connectivity index (χ1v) is 10.4. The molecule has 2 bridgehead atoms. The van der Waals surface area contributed by atoms with Crippen LogP contribution in [0.3, 0.4) is 0 Å². The summed E-state index contributed by atoms with van der Waals surface area (Å²) in [7, 11) is 0. The lowest BCUT2D eigenvalue weighted by Gasteiger charge is -2.34. The van der Waals surface area contributed by atoms with E-state index in [-0.39, 0.29) is 27.7 Å². The van der Waals surface area contributed by atoms with Crippen molar-refractivity contribution in [2.45, 2.75) is 38.3 Å². The van der Waals surface area contributed by atoms with Gasteiger partial charge in [0, 0.05) is 12.6 Å². The topological polar surface area (TPSA) is 49.4 Å². The Morgan fingerprint density at radius 3 is 2.29 bits per heavy atom. The summed E-state index contributed by atoms with van der Waals surface area (Å²) >= 11 is 12.3. The summed E-state index contributed by atoms with van der Waals surface area (Å²) in [6.45, 7) is 0.476. The maximum Gasteiger partial charge on any atom is 0.324 e. The number of halogens is 2. The van der Waals surface area contributed by atoms with E-state index in [4.69, 9.17) is 23.2 Å². The molecule has 2 aliphatic carbocycles. The van der Waals surface area contributed by atoms with Crippen LogP contribution in [0.25, 0.3) is 0 Å². The monoisotopic (exact) mass is 416 g/mol. The number of carbonyl (C=O) groups is 2. The molecule has 0 aliphatic heterocycles. The average molecular weight is 417 g/mol. The molecule has 3 amide bonds. The molecule has 0 spiro atoms. The highest BCUT2D eigenvalue weighted by atomic mass is 35.5. The molecule has 2 aromatic rings. The van der Waals surface area contributed by atoms with Crippen molar-refractivity contribution in [1.29, 1.82) is 0 Å². The summed E-state index contributed by atoms with van der Waals surface area (Å²) in [4.78, 5) is 27.6. The Hall–Kier alpha value is -2.04. The van der Waals surface area contributed by atoms with Gasteiger partial charge in [0.05, 0.1) is 15.6 Å². The van der Waals surface area contributed by atoms with Gasteiger partial charge in [0.25, 0.3) is 5.91 Å². The summed E-state index contributed by atoms with van der Waals surface area (Å²) in [5.41, 5.74) is 1.18. The van der Waals surface area contributed by atoms with E-state index in [1.807, 2.05) is 35.2 Å². The van der Waals surface area contributed by atoms with E-state index in [9.17, 15) is 9.59 Å². The molecule has 28 heavy (non-hydrogen) atoms. The van der Waals surface area contributed by atoms with Crippen LogP contribution in [0.4, 0.5) is 4.79 Å². The quantitative estimate of drug-likeness (QED) is 0.711. The van der Waals surface area contributed by atoms with Gasteiger partial charge in [0.2, 0.25) is 0 Å². The largest absolute Gasteiger partial charge is 0.324 e. The third-order valence-corrected chi connectivity index (χ3v) is 6.60. The van der Waals surface area contributed by atoms with Crippen LogP contribution < -0.4 is 5.32 Å². The minimum Gasteiger partial charge on any atom is -0.317 e. The third-order valence-electron chi connectivity index (χ3n) is 5.97. The summed E-state index contributed by atoms with van der Waals surface area (Å²) in [6, 6.07) is 14.5. The van der Waals surface area contributed by atoms with Crippen LogP contribution in [0.15, 0.2) is 48.5 Å². The molecule has 146 valence electrons. The molecule has 0 heterocycles. The molecule has 2 aliphatic rings. The Labute approximate surface area is 174 Å². The first-order chi connectivity index (χ1) is 13.5. The molecule has 4 nitrogen and oxygen atoms in total. The summed E-state index contributed by atoms with van der Waals surface area (Å²) in [5, 5.41) is 2.97. The molecule has 0 radical (unpaired) electrons. The second-order valence-electron chi connectivity index (χ2n) is 7.71. The Kier molecular flexibility index (Phi) is 5.61. The van der Waals surface area contributed by atoms with Gasteiger partial charge in [-0.15, -0.1) is 0 Å². The Bertz CT molecular complexity index is 867. The van der Waals surface area contributed by atoms with Gasteiger partial charge in [-0.25, -0.2) is 4.79 Å². The second-order valence-corrected chi connectivity index (χ2v) is 8.53. The van der Waals surface area contributed by atoms with Crippen molar-refractivity contribution >= 4 is 35.1 Å². The first kappa shape index (κ1) is 19.3. The number of rotatable bonds is 4. The van der Waals surface area contributed by atoms with Gasteiger partial charge in [-0.3, -0.25) is 10.1 Å². The Morgan fingerprint density at radius 2 is 1.68 bits per heavy atom. The van der Waals surface area contributed by atoms with Crippen molar-refractivity contribution in [2.75, 3.05) is 0 Å². The summed E-state index contributed by atoms with van der Waals surface area (Å²) in [5.74, 6) is 0.634. The Balaban J connectivity index is 1.55. The van der Waals surface area contributed by atoms with Crippen molar-refractivity contribution < 1.29 is 9.59 Å². The Morgan fingerprint density at radius 1 is 0.964 bits per heavy atom. The normalized spacial score (nSPS) is 22.9. The van der Waals surface area contributed by atoms with Gasteiger partial charge < -0.3 is 4.90 Å². The molecule has 2 fully saturated rings. The van der Waals surface area contributed by atoms with Crippen LogP contribution in [-0.2, 0) is 6.54 Å². The zero-order valence-electron chi connectivity index (χ0n) is 15.4. The lowest BCUT2D eigenvalue weighted by molar-refractivity contribution is 0.0929. The highest BCUT2D eigenvalue weighted by Crippen LogP contribution is 2.47. The number of benzene rings is 2. The van der Waals surface area contributed by atoms with Crippen LogP contribution in [0.1, 0.15) is 41.6 Å². The zero-order valence-corrected chi connectivity index (χ0v) is 16.9. The highest BCUT2D eigenvalue weighted by molar-refractivity contribution is 6.40. The zero-order chi connectivity index (χ0) is 19.7. The van der Waals surface area contributed by atoms with Gasteiger partial charge in [0.15, 0.2) is 0 Å². The SMILES string of the molecule is O=C(NC(=O)N(Cc1ccccc1)[C@@H]1C[C@H]2CC[C@@H]1C2)c1c(Cl)cccc1Cl. The van der Waals surface area contributed by atoms with E-state index < -0.39 is 5.91 Å². The van der Waals surface area contributed by atoms with Crippen LogP contribution in [0.5, 0.6) is 0 Å². The van der Waals surface area contributed by atoms with E-state index in [0.717, 1.165) is 18.4 Å². The molecule has 0 unspecified atom stereocenters. The number of fused-ring (bicyclic) bond motifs is 2. The number of carbonyl (C=O) groups excluding carboxylic acids is 2. The van der Waals surface area contributed by atoms with Gasteiger partial charge in [0.1, 0.15) is 0 Å². The third kappa shape index (κ3) is 3.89. The summed E-state index contributed by atoms with van der Waals surface area (Å²) in [6.07, 6.45) is 4.58. The van der Waals surface area contributed by atoms with Crippen molar-refractivity contribution in [3.63, 3.8) is 0 Å². The second kappa shape index (κ2) is 8.14. The fourth-order valence-corrected chi connectivity index (χ4v) is 5.23. The van der Waals surface area contributed by atoms with Crippen molar-refractivity contribution in [3.8, 4) is 0 Å². The number of imide groups is 1. The molecule has 2 aromatic carbocycles. The van der Waals surface area contributed by atoms with Crippen LogP contribution in [-0.4, -0.2) is 22.9 Å². The molecular formula is C22H22Cl2N2O2. The number of urea groups is 1. The fraction of sp³-hybridized carbons (Fsp3) is 0.364.